The predicted octanol–water partition coefficient (Wildman–Crippen LogP) is 1.11. The lowest BCUT2D eigenvalue weighted by molar-refractivity contribution is 0.585. The third kappa shape index (κ3) is 1.63. The molecule has 0 aliphatic rings. The fourth-order valence-electron chi connectivity index (χ4n) is 1.50. The van der Waals surface area contributed by atoms with Crippen molar-refractivity contribution in [2.45, 2.75) is 6.54 Å². The second kappa shape index (κ2) is 3.90. The molecule has 0 aliphatic carbocycles. The summed E-state index contributed by atoms with van der Waals surface area (Å²) in [5.74, 6) is -1.42. The van der Waals surface area contributed by atoms with Crippen LogP contribution in [0.25, 0.3) is 11.3 Å². The van der Waals surface area contributed by atoms with Gasteiger partial charge < -0.3 is 5.73 Å². The van der Waals surface area contributed by atoms with Crippen LogP contribution in [0.4, 0.5) is 8.78 Å². The third-order valence-electron chi connectivity index (χ3n) is 2.28. The van der Waals surface area contributed by atoms with E-state index in [1.165, 1.54) is 6.07 Å². The van der Waals surface area contributed by atoms with Gasteiger partial charge in [-0.15, -0.1) is 0 Å². The Morgan fingerprint density at radius 1 is 1.25 bits per heavy atom. The maximum Gasteiger partial charge on any atom is 0.269 e. The fraction of sp³-hybridized carbons (Fsp3) is 0.100. The molecule has 16 heavy (non-hydrogen) atoms. The molecule has 0 atom stereocenters. The number of hydrogen-bond acceptors (Lipinski definition) is 2. The topological polar surface area (TPSA) is 74.7 Å². The van der Waals surface area contributed by atoms with Gasteiger partial charge in [0.25, 0.3) is 5.56 Å². The fourth-order valence-corrected chi connectivity index (χ4v) is 1.50. The molecule has 0 amide bonds. The molecule has 4 N–H and O–H groups in total. The maximum atomic E-state index is 13.4. The quantitative estimate of drug-likeness (QED) is 0.716. The minimum Gasteiger partial charge on any atom is -0.326 e. The van der Waals surface area contributed by atoms with Gasteiger partial charge in [0.1, 0.15) is 11.6 Å². The number of H-pyrrole nitrogens is 2. The SMILES string of the molecule is NCc1c(-c2ccc(F)cc2F)[nH][nH]c1=O. The molecule has 1 aromatic carbocycles. The summed E-state index contributed by atoms with van der Waals surface area (Å²) in [5.41, 5.74) is 5.58. The van der Waals surface area contributed by atoms with E-state index >= 15 is 0 Å². The molecule has 2 rings (SSSR count). The average molecular weight is 225 g/mol. The largest absolute Gasteiger partial charge is 0.326 e. The lowest BCUT2D eigenvalue weighted by atomic mass is 10.1. The van der Waals surface area contributed by atoms with E-state index < -0.39 is 17.2 Å². The first-order valence-electron chi connectivity index (χ1n) is 4.58. The predicted molar refractivity (Wildman–Crippen MR) is 54.7 cm³/mol. The van der Waals surface area contributed by atoms with Crippen LogP contribution in [-0.2, 0) is 6.54 Å². The summed E-state index contributed by atoms with van der Waals surface area (Å²) in [6, 6.07) is 3.12. The summed E-state index contributed by atoms with van der Waals surface area (Å²) >= 11 is 0. The van der Waals surface area contributed by atoms with Crippen molar-refractivity contribution < 1.29 is 8.78 Å². The number of halogens is 2. The smallest absolute Gasteiger partial charge is 0.269 e. The third-order valence-corrected chi connectivity index (χ3v) is 2.28. The molecule has 2 aromatic rings. The van der Waals surface area contributed by atoms with Gasteiger partial charge in [0, 0.05) is 18.2 Å². The first-order valence-corrected chi connectivity index (χ1v) is 4.58. The molecule has 0 saturated carbocycles. The van der Waals surface area contributed by atoms with Crippen LogP contribution in [0.3, 0.4) is 0 Å². The highest BCUT2D eigenvalue weighted by atomic mass is 19.1. The van der Waals surface area contributed by atoms with Crippen LogP contribution in [0.5, 0.6) is 0 Å². The maximum absolute atomic E-state index is 13.4. The van der Waals surface area contributed by atoms with E-state index in [4.69, 9.17) is 5.73 Å². The average Bonchev–Trinajstić information content (AvgIpc) is 2.59. The zero-order valence-corrected chi connectivity index (χ0v) is 8.18. The Kier molecular flexibility index (Phi) is 2.57. The van der Waals surface area contributed by atoms with Crippen molar-refractivity contribution >= 4 is 0 Å². The van der Waals surface area contributed by atoms with E-state index in [1.54, 1.807) is 0 Å². The Morgan fingerprint density at radius 3 is 2.62 bits per heavy atom. The first-order chi connectivity index (χ1) is 7.63. The van der Waals surface area contributed by atoms with Crippen molar-refractivity contribution in [1.82, 2.24) is 10.2 Å². The van der Waals surface area contributed by atoms with Crippen LogP contribution in [-0.4, -0.2) is 10.2 Å². The molecule has 4 nitrogen and oxygen atoms in total. The van der Waals surface area contributed by atoms with Crippen LogP contribution in [0.1, 0.15) is 5.56 Å². The molecule has 0 saturated heterocycles. The van der Waals surface area contributed by atoms with Crippen molar-refractivity contribution in [3.8, 4) is 11.3 Å². The normalized spacial score (nSPS) is 10.7. The molecule has 1 heterocycles. The van der Waals surface area contributed by atoms with Gasteiger partial charge in [-0.1, -0.05) is 0 Å². The second-order valence-corrected chi connectivity index (χ2v) is 3.26. The summed E-state index contributed by atoms with van der Waals surface area (Å²) in [6.45, 7) is -0.0228. The standard InChI is InChI=1S/C10H9F2N3O/c11-5-1-2-6(8(12)3-5)9-7(4-13)10(16)15-14-9/h1-3H,4,13H2,(H2,14,15,16). The summed E-state index contributed by atoms with van der Waals surface area (Å²) in [6.07, 6.45) is 0. The van der Waals surface area contributed by atoms with Crippen LogP contribution in [0.2, 0.25) is 0 Å². The summed E-state index contributed by atoms with van der Waals surface area (Å²) in [5, 5.41) is 4.83. The molecule has 0 bridgehead atoms. The van der Waals surface area contributed by atoms with Gasteiger partial charge in [0.15, 0.2) is 0 Å². The van der Waals surface area contributed by atoms with E-state index in [1.807, 2.05) is 0 Å². The lowest BCUT2D eigenvalue weighted by Crippen LogP contribution is -2.10. The number of hydrogen-bond donors (Lipinski definition) is 3. The number of nitrogens with one attached hydrogen (secondary N) is 2. The van der Waals surface area contributed by atoms with Crippen molar-refractivity contribution in [3.05, 3.63) is 45.8 Å². The molecular weight excluding hydrogens is 216 g/mol. The van der Waals surface area contributed by atoms with Gasteiger partial charge in [-0.3, -0.25) is 15.0 Å². The van der Waals surface area contributed by atoms with E-state index in [9.17, 15) is 13.6 Å². The lowest BCUT2D eigenvalue weighted by Gasteiger charge is -2.02. The van der Waals surface area contributed by atoms with E-state index in [2.05, 4.69) is 10.2 Å². The molecule has 0 aliphatic heterocycles. The van der Waals surface area contributed by atoms with Gasteiger partial charge in [-0.05, 0) is 12.1 Å². The Balaban J connectivity index is 2.63. The van der Waals surface area contributed by atoms with Crippen LogP contribution in [0, 0.1) is 11.6 Å². The van der Waals surface area contributed by atoms with Gasteiger partial charge in [0.2, 0.25) is 0 Å². The Bertz CT molecular complexity index is 574. The Labute approximate surface area is 89.1 Å². The molecule has 6 heteroatoms. The first kappa shape index (κ1) is 10.6. The van der Waals surface area contributed by atoms with Gasteiger partial charge >= 0.3 is 0 Å². The molecule has 0 unspecified atom stereocenters. The Morgan fingerprint density at radius 2 is 2.00 bits per heavy atom. The summed E-state index contributed by atoms with van der Waals surface area (Å²) in [4.78, 5) is 11.3. The molecule has 0 radical (unpaired) electrons. The number of nitrogens with two attached hydrogens (primary N) is 1. The summed E-state index contributed by atoms with van der Waals surface area (Å²) in [7, 11) is 0. The number of aromatic amines is 2. The van der Waals surface area contributed by atoms with Crippen molar-refractivity contribution in [2.24, 2.45) is 5.73 Å². The number of benzene rings is 1. The van der Waals surface area contributed by atoms with Gasteiger partial charge in [-0.2, -0.15) is 0 Å². The number of rotatable bonds is 2. The molecule has 0 fully saturated rings. The van der Waals surface area contributed by atoms with Crippen molar-refractivity contribution in [1.29, 1.82) is 0 Å². The van der Waals surface area contributed by atoms with Gasteiger partial charge in [0.05, 0.1) is 11.3 Å². The highest BCUT2D eigenvalue weighted by Crippen LogP contribution is 2.22. The molecule has 1 aromatic heterocycles. The van der Waals surface area contributed by atoms with E-state index in [0.717, 1.165) is 12.1 Å². The van der Waals surface area contributed by atoms with Crippen LogP contribution >= 0.6 is 0 Å². The molecule has 84 valence electrons. The van der Waals surface area contributed by atoms with Crippen LogP contribution < -0.4 is 11.3 Å². The van der Waals surface area contributed by atoms with Crippen molar-refractivity contribution in [3.63, 3.8) is 0 Å². The van der Waals surface area contributed by atoms with E-state index in [-0.39, 0.29) is 23.4 Å². The number of aromatic nitrogens is 2. The Hall–Kier alpha value is -1.95. The van der Waals surface area contributed by atoms with Crippen molar-refractivity contribution in [2.75, 3.05) is 0 Å². The monoisotopic (exact) mass is 225 g/mol. The highest BCUT2D eigenvalue weighted by molar-refractivity contribution is 5.63. The van der Waals surface area contributed by atoms with E-state index in [0.29, 0.717) is 0 Å². The summed E-state index contributed by atoms with van der Waals surface area (Å²) < 4.78 is 26.2. The minimum atomic E-state index is -0.745. The van der Waals surface area contributed by atoms with Gasteiger partial charge in [-0.25, -0.2) is 8.78 Å². The zero-order chi connectivity index (χ0) is 11.7. The minimum absolute atomic E-state index is 0.0228. The second-order valence-electron chi connectivity index (χ2n) is 3.26. The zero-order valence-electron chi connectivity index (χ0n) is 8.18. The highest BCUT2D eigenvalue weighted by Gasteiger charge is 2.14. The molecular formula is C10H9F2N3O. The van der Waals surface area contributed by atoms with Crippen LogP contribution in [0.15, 0.2) is 23.0 Å². The molecule has 0 spiro atoms.